The van der Waals surface area contributed by atoms with Crippen molar-refractivity contribution < 1.29 is 9.53 Å². The van der Waals surface area contributed by atoms with Crippen LogP contribution in [0.4, 0.5) is 0 Å². The topological polar surface area (TPSA) is 69.9 Å². The summed E-state index contributed by atoms with van der Waals surface area (Å²) in [6.45, 7) is 0.563. The van der Waals surface area contributed by atoms with Gasteiger partial charge in [-0.15, -0.1) is 5.10 Å². The van der Waals surface area contributed by atoms with E-state index >= 15 is 0 Å². The fraction of sp³-hybridized carbons (Fsp3) is 0.200. The largest absolute Gasteiger partial charge is 0.465 e. The number of carbonyl (C=O) groups is 1. The second kappa shape index (κ2) is 5.01. The SMILES string of the molecule is COC(=O)c1ccc(Cn2nnnc2P)cc1. The van der Waals surface area contributed by atoms with E-state index in [0.29, 0.717) is 17.7 Å². The molecule has 1 aromatic carbocycles. The van der Waals surface area contributed by atoms with Crippen molar-refractivity contribution in [2.24, 2.45) is 0 Å². The van der Waals surface area contributed by atoms with E-state index in [1.807, 2.05) is 12.1 Å². The number of nitrogens with zero attached hydrogens (tertiary/aromatic N) is 4. The number of benzene rings is 1. The lowest BCUT2D eigenvalue weighted by Crippen LogP contribution is -2.14. The van der Waals surface area contributed by atoms with Crippen LogP contribution in [0.15, 0.2) is 24.3 Å². The first-order valence-corrected chi connectivity index (χ1v) is 5.47. The predicted octanol–water partition coefficient (Wildman–Crippen LogP) is 0.00840. The quantitative estimate of drug-likeness (QED) is 0.567. The van der Waals surface area contributed by atoms with Gasteiger partial charge in [0.1, 0.15) is 0 Å². The first kappa shape index (κ1) is 11.7. The van der Waals surface area contributed by atoms with Crippen LogP contribution in [-0.4, -0.2) is 33.3 Å². The van der Waals surface area contributed by atoms with Gasteiger partial charge in [0, 0.05) is 0 Å². The Labute approximate surface area is 100 Å². The van der Waals surface area contributed by atoms with E-state index in [2.05, 4.69) is 29.5 Å². The van der Waals surface area contributed by atoms with Crippen molar-refractivity contribution >= 4 is 20.8 Å². The zero-order valence-electron chi connectivity index (χ0n) is 9.20. The van der Waals surface area contributed by atoms with Crippen molar-refractivity contribution in [2.45, 2.75) is 6.54 Å². The molecule has 0 N–H and O–H groups in total. The Morgan fingerprint density at radius 1 is 1.41 bits per heavy atom. The minimum Gasteiger partial charge on any atom is -0.465 e. The molecule has 0 saturated carbocycles. The molecule has 0 spiro atoms. The van der Waals surface area contributed by atoms with Crippen LogP contribution in [-0.2, 0) is 11.3 Å². The molecule has 1 aromatic heterocycles. The molecule has 17 heavy (non-hydrogen) atoms. The summed E-state index contributed by atoms with van der Waals surface area (Å²) in [7, 11) is 3.81. The van der Waals surface area contributed by atoms with Crippen LogP contribution in [0.3, 0.4) is 0 Å². The lowest BCUT2D eigenvalue weighted by Gasteiger charge is -2.03. The minimum absolute atomic E-state index is 0.342. The predicted molar refractivity (Wildman–Crippen MR) is 64.0 cm³/mol. The summed E-state index contributed by atoms with van der Waals surface area (Å²) in [5, 5.41) is 11.1. The van der Waals surface area contributed by atoms with Crippen LogP contribution < -0.4 is 5.57 Å². The molecule has 0 bridgehead atoms. The molecule has 0 aliphatic heterocycles. The number of tetrazole rings is 1. The molecule has 1 unspecified atom stereocenters. The maximum Gasteiger partial charge on any atom is 0.337 e. The van der Waals surface area contributed by atoms with E-state index in [-0.39, 0.29) is 5.97 Å². The fourth-order valence-corrected chi connectivity index (χ4v) is 1.56. The molecule has 7 heteroatoms. The molecule has 2 rings (SSSR count). The Morgan fingerprint density at radius 3 is 2.65 bits per heavy atom. The first-order valence-electron chi connectivity index (χ1n) is 4.89. The summed E-state index contributed by atoms with van der Waals surface area (Å²) in [4.78, 5) is 11.2. The van der Waals surface area contributed by atoms with Gasteiger partial charge in [-0.05, 0) is 28.1 Å². The number of aromatic nitrogens is 4. The van der Waals surface area contributed by atoms with E-state index in [0.717, 1.165) is 5.56 Å². The molecule has 0 fully saturated rings. The minimum atomic E-state index is -0.342. The highest BCUT2D eigenvalue weighted by Crippen LogP contribution is 2.06. The maximum atomic E-state index is 11.2. The highest BCUT2D eigenvalue weighted by atomic mass is 31.0. The zero-order chi connectivity index (χ0) is 12.3. The Morgan fingerprint density at radius 2 is 2.12 bits per heavy atom. The molecule has 2 aromatic rings. The van der Waals surface area contributed by atoms with Gasteiger partial charge in [-0.25, -0.2) is 9.48 Å². The summed E-state index contributed by atoms with van der Waals surface area (Å²) >= 11 is 0. The third-order valence-corrected chi connectivity index (χ3v) is 2.68. The highest BCUT2D eigenvalue weighted by Gasteiger charge is 2.05. The third-order valence-electron chi connectivity index (χ3n) is 2.27. The van der Waals surface area contributed by atoms with Gasteiger partial charge < -0.3 is 4.74 Å². The zero-order valence-corrected chi connectivity index (χ0v) is 10.4. The van der Waals surface area contributed by atoms with E-state index in [4.69, 9.17) is 0 Å². The monoisotopic (exact) mass is 250 g/mol. The lowest BCUT2D eigenvalue weighted by atomic mass is 10.1. The van der Waals surface area contributed by atoms with Gasteiger partial charge in [0.05, 0.1) is 19.2 Å². The molecule has 0 aliphatic carbocycles. The Bertz CT molecular complexity index is 523. The van der Waals surface area contributed by atoms with Crippen molar-refractivity contribution in [1.29, 1.82) is 0 Å². The summed E-state index contributed by atoms with van der Waals surface area (Å²) < 4.78 is 6.27. The molecule has 1 atom stereocenters. The van der Waals surface area contributed by atoms with E-state index in [1.165, 1.54) is 7.11 Å². The number of rotatable bonds is 3. The van der Waals surface area contributed by atoms with Crippen molar-refractivity contribution in [3.8, 4) is 0 Å². The van der Waals surface area contributed by atoms with Crippen LogP contribution in [0, 0.1) is 0 Å². The van der Waals surface area contributed by atoms with Gasteiger partial charge in [0.15, 0.2) is 5.57 Å². The first-order chi connectivity index (χ1) is 8.20. The van der Waals surface area contributed by atoms with Gasteiger partial charge in [-0.3, -0.25) is 0 Å². The van der Waals surface area contributed by atoms with Crippen LogP contribution in [0.1, 0.15) is 15.9 Å². The van der Waals surface area contributed by atoms with Crippen LogP contribution in [0.2, 0.25) is 0 Å². The van der Waals surface area contributed by atoms with Crippen LogP contribution in [0.25, 0.3) is 0 Å². The molecule has 6 nitrogen and oxygen atoms in total. The molecular formula is C10H11N4O2P. The molecule has 1 heterocycles. The van der Waals surface area contributed by atoms with Crippen molar-refractivity contribution in [3.63, 3.8) is 0 Å². The lowest BCUT2D eigenvalue weighted by molar-refractivity contribution is 0.0600. The Balaban J connectivity index is 2.14. The molecule has 0 saturated heterocycles. The molecule has 0 aliphatic rings. The van der Waals surface area contributed by atoms with E-state index in [1.54, 1.807) is 16.8 Å². The fourth-order valence-electron chi connectivity index (χ4n) is 1.36. The molecule has 0 radical (unpaired) electrons. The maximum absolute atomic E-state index is 11.2. The smallest absolute Gasteiger partial charge is 0.337 e. The van der Waals surface area contributed by atoms with E-state index < -0.39 is 0 Å². The average molecular weight is 250 g/mol. The van der Waals surface area contributed by atoms with Crippen molar-refractivity contribution in [2.75, 3.05) is 7.11 Å². The third kappa shape index (κ3) is 2.65. The van der Waals surface area contributed by atoms with E-state index in [9.17, 15) is 4.79 Å². The normalized spacial score (nSPS) is 10.2. The number of methoxy groups -OCH3 is 1. The molecular weight excluding hydrogens is 239 g/mol. The van der Waals surface area contributed by atoms with Gasteiger partial charge in [-0.1, -0.05) is 21.4 Å². The number of esters is 1. The summed E-state index contributed by atoms with van der Waals surface area (Å²) in [6.07, 6.45) is 0. The number of ether oxygens (including phenoxy) is 1. The summed E-state index contributed by atoms with van der Waals surface area (Å²) in [6, 6.07) is 7.12. The van der Waals surface area contributed by atoms with Crippen molar-refractivity contribution in [3.05, 3.63) is 35.4 Å². The highest BCUT2D eigenvalue weighted by molar-refractivity contribution is 7.26. The Hall–Kier alpha value is -1.81. The Kier molecular flexibility index (Phi) is 3.44. The second-order valence-electron chi connectivity index (χ2n) is 3.38. The van der Waals surface area contributed by atoms with Crippen LogP contribution in [0.5, 0.6) is 0 Å². The number of hydrogen-bond donors (Lipinski definition) is 0. The van der Waals surface area contributed by atoms with Gasteiger partial charge in [0.2, 0.25) is 0 Å². The molecule has 88 valence electrons. The number of carbonyl (C=O) groups excluding carboxylic acids is 1. The number of hydrogen-bond acceptors (Lipinski definition) is 5. The van der Waals surface area contributed by atoms with Crippen LogP contribution >= 0.6 is 9.24 Å². The van der Waals surface area contributed by atoms with Gasteiger partial charge in [0.25, 0.3) is 0 Å². The van der Waals surface area contributed by atoms with Gasteiger partial charge >= 0.3 is 5.97 Å². The molecule has 0 amide bonds. The summed E-state index contributed by atoms with van der Waals surface area (Å²) in [5.74, 6) is -0.342. The van der Waals surface area contributed by atoms with Crippen molar-refractivity contribution in [1.82, 2.24) is 20.2 Å². The average Bonchev–Trinajstić information content (AvgIpc) is 2.75. The second-order valence-corrected chi connectivity index (χ2v) is 3.90. The van der Waals surface area contributed by atoms with Gasteiger partial charge in [-0.2, -0.15) is 0 Å². The summed E-state index contributed by atoms with van der Waals surface area (Å²) in [5.41, 5.74) is 2.20. The standard InChI is InChI=1S/C10H11N4O2P/c1-16-9(15)8-4-2-7(3-5-8)6-14-10(17)11-12-13-14/h2-5H,6,17H2,1H3.